The molecule has 0 bridgehead atoms. The molecule has 1 amide bonds. The van der Waals surface area contributed by atoms with Crippen LogP contribution in [0.5, 0.6) is 5.75 Å². The van der Waals surface area contributed by atoms with Crippen LogP contribution >= 0.6 is 0 Å². The lowest BCUT2D eigenvalue weighted by Crippen LogP contribution is -2.22. The summed E-state index contributed by atoms with van der Waals surface area (Å²) in [6, 6.07) is 4.77. The lowest BCUT2D eigenvalue weighted by atomic mass is 10.3. The Kier molecular flexibility index (Phi) is 3.92. The maximum Gasteiger partial charge on any atom is 0.262 e. The van der Waals surface area contributed by atoms with E-state index in [2.05, 4.69) is 15.3 Å². The molecule has 98 valence electrons. The number of ether oxygens (including phenoxy) is 1. The van der Waals surface area contributed by atoms with Crippen LogP contribution in [0.15, 0.2) is 41.6 Å². The average Bonchev–Trinajstić information content (AvgIpc) is 2.39. The molecule has 19 heavy (non-hydrogen) atoms. The number of carbonyl (C=O) groups is 1. The van der Waals surface area contributed by atoms with Crippen molar-refractivity contribution in [1.29, 1.82) is 0 Å². The number of aromatic nitrogens is 2. The Morgan fingerprint density at radius 3 is 3.00 bits per heavy atom. The number of pyridine rings is 2. The molecule has 2 rings (SSSR count). The zero-order chi connectivity index (χ0) is 13.7. The van der Waals surface area contributed by atoms with E-state index in [-0.39, 0.29) is 23.7 Å². The molecule has 0 radical (unpaired) electrons. The summed E-state index contributed by atoms with van der Waals surface area (Å²) < 4.78 is 5.23. The van der Waals surface area contributed by atoms with Gasteiger partial charge in [0.1, 0.15) is 0 Å². The molecular weight excluding hydrogens is 246 g/mol. The predicted octanol–water partition coefficient (Wildman–Crippen LogP) is 1.10. The van der Waals surface area contributed by atoms with E-state index in [1.54, 1.807) is 25.3 Å². The Balaban J connectivity index is 1.96. The zero-order valence-electron chi connectivity index (χ0n) is 10.3. The van der Waals surface area contributed by atoms with Gasteiger partial charge in [0.2, 0.25) is 5.43 Å². The first-order valence-electron chi connectivity index (χ1n) is 5.68. The van der Waals surface area contributed by atoms with Gasteiger partial charge in [-0.1, -0.05) is 0 Å². The third-order valence-electron chi connectivity index (χ3n) is 2.39. The fourth-order valence-electron chi connectivity index (χ4n) is 1.52. The second kappa shape index (κ2) is 5.81. The van der Waals surface area contributed by atoms with Crippen LogP contribution < -0.4 is 15.5 Å². The van der Waals surface area contributed by atoms with Gasteiger partial charge >= 0.3 is 0 Å². The van der Waals surface area contributed by atoms with E-state index in [4.69, 9.17) is 4.74 Å². The fourth-order valence-corrected chi connectivity index (χ4v) is 1.52. The summed E-state index contributed by atoms with van der Waals surface area (Å²) >= 11 is 0. The highest BCUT2D eigenvalue weighted by atomic mass is 16.5. The van der Waals surface area contributed by atoms with E-state index in [0.29, 0.717) is 11.4 Å². The number of aryl methyl sites for hydroxylation is 1. The van der Waals surface area contributed by atoms with Crippen molar-refractivity contribution < 1.29 is 9.53 Å². The molecule has 0 unspecified atom stereocenters. The van der Waals surface area contributed by atoms with Crippen molar-refractivity contribution in [3.05, 3.63) is 52.7 Å². The maximum absolute atomic E-state index is 11.6. The molecule has 2 heterocycles. The van der Waals surface area contributed by atoms with Crippen molar-refractivity contribution in [2.24, 2.45) is 0 Å². The molecule has 2 aromatic rings. The van der Waals surface area contributed by atoms with Gasteiger partial charge in [0.25, 0.3) is 5.91 Å². The Bertz CT molecular complexity index is 623. The van der Waals surface area contributed by atoms with Gasteiger partial charge in [-0.2, -0.15) is 0 Å². The summed E-state index contributed by atoms with van der Waals surface area (Å²) in [7, 11) is 0. The van der Waals surface area contributed by atoms with Gasteiger partial charge in [-0.15, -0.1) is 0 Å². The molecule has 0 aliphatic rings. The minimum Gasteiger partial charge on any atom is -0.478 e. The monoisotopic (exact) mass is 259 g/mol. The van der Waals surface area contributed by atoms with Gasteiger partial charge in [-0.05, 0) is 19.1 Å². The summed E-state index contributed by atoms with van der Waals surface area (Å²) in [6.07, 6.45) is 4.66. The largest absolute Gasteiger partial charge is 0.478 e. The van der Waals surface area contributed by atoms with E-state index in [9.17, 15) is 9.59 Å². The molecule has 0 aromatic carbocycles. The zero-order valence-corrected chi connectivity index (χ0v) is 10.3. The Hall–Kier alpha value is -2.63. The number of amides is 1. The van der Waals surface area contributed by atoms with Crippen LogP contribution in [0, 0.1) is 6.92 Å². The van der Waals surface area contributed by atoms with Crippen molar-refractivity contribution in [2.75, 3.05) is 11.9 Å². The lowest BCUT2D eigenvalue weighted by Gasteiger charge is -2.08. The van der Waals surface area contributed by atoms with Crippen LogP contribution in [0.4, 0.5) is 5.69 Å². The quantitative estimate of drug-likeness (QED) is 0.861. The van der Waals surface area contributed by atoms with Gasteiger partial charge in [0.05, 0.1) is 17.6 Å². The molecule has 0 fully saturated rings. The van der Waals surface area contributed by atoms with Crippen molar-refractivity contribution in [1.82, 2.24) is 9.97 Å². The SMILES string of the molecule is Cc1[nH]ccc(=O)c1OCC(=O)Nc1cccnc1. The number of nitrogens with one attached hydrogen (secondary N) is 2. The minimum atomic E-state index is -0.351. The van der Waals surface area contributed by atoms with Gasteiger partial charge in [-0.3, -0.25) is 14.6 Å². The first-order chi connectivity index (χ1) is 9.16. The van der Waals surface area contributed by atoms with Crippen molar-refractivity contribution >= 4 is 11.6 Å². The molecule has 6 nitrogen and oxygen atoms in total. The minimum absolute atomic E-state index is 0.156. The van der Waals surface area contributed by atoms with Crippen LogP contribution in [0.1, 0.15) is 5.69 Å². The first-order valence-corrected chi connectivity index (χ1v) is 5.68. The molecule has 0 spiro atoms. The van der Waals surface area contributed by atoms with Crippen LogP contribution in [0.2, 0.25) is 0 Å². The van der Waals surface area contributed by atoms with Crippen LogP contribution in [-0.4, -0.2) is 22.5 Å². The van der Waals surface area contributed by atoms with Crippen molar-refractivity contribution in [3.63, 3.8) is 0 Å². The smallest absolute Gasteiger partial charge is 0.262 e. The topological polar surface area (TPSA) is 84.1 Å². The van der Waals surface area contributed by atoms with E-state index in [0.717, 1.165) is 0 Å². The second-order valence-electron chi connectivity index (χ2n) is 3.87. The summed E-state index contributed by atoms with van der Waals surface area (Å²) in [4.78, 5) is 29.9. The number of carbonyl (C=O) groups excluding carboxylic acids is 1. The van der Waals surface area contributed by atoms with E-state index in [1.165, 1.54) is 18.5 Å². The standard InChI is InChI=1S/C13H13N3O3/c1-9-13(11(17)4-6-15-9)19-8-12(18)16-10-3-2-5-14-7-10/h2-7H,8H2,1H3,(H,15,17)(H,16,18). The summed E-state index contributed by atoms with van der Waals surface area (Å²) in [5.74, 6) is -0.195. The van der Waals surface area contributed by atoms with Crippen molar-refractivity contribution in [3.8, 4) is 5.75 Å². The highest BCUT2D eigenvalue weighted by Crippen LogP contribution is 2.08. The lowest BCUT2D eigenvalue weighted by molar-refractivity contribution is -0.118. The molecule has 0 atom stereocenters. The third-order valence-corrected chi connectivity index (χ3v) is 2.39. The number of aromatic amines is 1. The number of anilines is 1. The van der Waals surface area contributed by atoms with E-state index >= 15 is 0 Å². The Morgan fingerprint density at radius 1 is 1.47 bits per heavy atom. The van der Waals surface area contributed by atoms with Crippen LogP contribution in [-0.2, 0) is 4.79 Å². The molecule has 0 aliphatic heterocycles. The van der Waals surface area contributed by atoms with E-state index in [1.807, 2.05) is 0 Å². The first kappa shape index (κ1) is 12.8. The highest BCUT2D eigenvalue weighted by molar-refractivity contribution is 5.91. The molecule has 0 saturated heterocycles. The molecule has 2 N–H and O–H groups in total. The molecule has 0 aliphatic carbocycles. The molecule has 6 heteroatoms. The molecule has 2 aromatic heterocycles. The van der Waals surface area contributed by atoms with Gasteiger partial charge in [-0.25, -0.2) is 0 Å². The summed E-state index contributed by atoms with van der Waals surface area (Å²) in [5.41, 5.74) is 0.905. The normalized spacial score (nSPS) is 9.95. The van der Waals surface area contributed by atoms with Crippen LogP contribution in [0.3, 0.4) is 0 Å². The number of rotatable bonds is 4. The highest BCUT2D eigenvalue weighted by Gasteiger charge is 2.08. The predicted molar refractivity (Wildman–Crippen MR) is 70.2 cm³/mol. The second-order valence-corrected chi connectivity index (χ2v) is 3.87. The number of nitrogens with zero attached hydrogens (tertiary/aromatic N) is 1. The summed E-state index contributed by atoms with van der Waals surface area (Å²) in [5, 5.41) is 2.61. The van der Waals surface area contributed by atoms with Gasteiger partial charge in [0.15, 0.2) is 12.4 Å². The maximum atomic E-state index is 11.6. The van der Waals surface area contributed by atoms with Gasteiger partial charge in [0, 0.05) is 18.5 Å². The number of H-pyrrole nitrogens is 1. The molecular formula is C13H13N3O3. The van der Waals surface area contributed by atoms with E-state index < -0.39 is 0 Å². The fraction of sp³-hybridized carbons (Fsp3) is 0.154. The average molecular weight is 259 g/mol. The van der Waals surface area contributed by atoms with Crippen LogP contribution in [0.25, 0.3) is 0 Å². The summed E-state index contributed by atoms with van der Waals surface area (Å²) in [6.45, 7) is 1.47. The number of hydrogen-bond acceptors (Lipinski definition) is 4. The Morgan fingerprint density at radius 2 is 2.32 bits per heavy atom. The number of hydrogen-bond donors (Lipinski definition) is 2. The van der Waals surface area contributed by atoms with Crippen molar-refractivity contribution in [2.45, 2.75) is 6.92 Å². The third kappa shape index (κ3) is 3.41. The molecule has 0 saturated carbocycles. The van der Waals surface area contributed by atoms with Gasteiger partial charge < -0.3 is 15.0 Å². The Labute approximate surface area is 109 Å².